The molecule has 0 saturated heterocycles. The van der Waals surface area contributed by atoms with Crippen LogP contribution in [0.1, 0.15) is 20.3 Å². The Morgan fingerprint density at radius 2 is 2.36 bits per heavy atom. The number of hydrogen-bond donors (Lipinski definition) is 0. The lowest BCUT2D eigenvalue weighted by molar-refractivity contribution is -0.671. The van der Waals surface area contributed by atoms with E-state index in [0.29, 0.717) is 0 Å². The van der Waals surface area contributed by atoms with Gasteiger partial charge in [-0.25, -0.2) is 13.9 Å². The van der Waals surface area contributed by atoms with Crippen molar-refractivity contribution < 1.29 is 14.1 Å². The van der Waals surface area contributed by atoms with E-state index in [0.717, 1.165) is 6.42 Å². The number of esters is 1. The van der Waals surface area contributed by atoms with E-state index in [1.54, 1.807) is 4.57 Å². The normalized spacial score (nSPS) is 12.5. The van der Waals surface area contributed by atoms with Gasteiger partial charge in [0.2, 0.25) is 6.33 Å². The zero-order chi connectivity index (χ0) is 10.6. The molecule has 78 valence electrons. The van der Waals surface area contributed by atoms with Gasteiger partial charge in [-0.2, -0.15) is 0 Å². The van der Waals surface area contributed by atoms with Crippen molar-refractivity contribution in [2.45, 2.75) is 32.9 Å². The molecule has 1 heterocycles. The number of aromatic nitrogens is 2. The summed E-state index contributed by atoms with van der Waals surface area (Å²) < 4.78 is 8.83. The lowest BCUT2D eigenvalue weighted by Gasteiger charge is -2.08. The van der Waals surface area contributed by atoms with E-state index in [1.165, 1.54) is 0 Å². The lowest BCUT2D eigenvalue weighted by atomic mass is 10.3. The van der Waals surface area contributed by atoms with Gasteiger partial charge in [-0.05, 0) is 13.3 Å². The molecule has 14 heavy (non-hydrogen) atoms. The maximum atomic E-state index is 11.3. The van der Waals surface area contributed by atoms with Crippen LogP contribution < -0.4 is 4.57 Å². The van der Waals surface area contributed by atoms with E-state index in [-0.39, 0.29) is 18.6 Å². The maximum absolute atomic E-state index is 11.3. The average molecular weight is 197 g/mol. The molecule has 0 aromatic carbocycles. The van der Waals surface area contributed by atoms with Gasteiger partial charge < -0.3 is 4.74 Å². The number of aryl methyl sites for hydroxylation is 1. The third-order valence-corrected chi connectivity index (χ3v) is 2.04. The van der Waals surface area contributed by atoms with E-state index in [2.05, 4.69) is 0 Å². The minimum Gasteiger partial charge on any atom is -0.460 e. The van der Waals surface area contributed by atoms with Crippen LogP contribution in [-0.4, -0.2) is 16.6 Å². The number of rotatable bonds is 4. The van der Waals surface area contributed by atoms with Gasteiger partial charge in [0.25, 0.3) is 0 Å². The van der Waals surface area contributed by atoms with Crippen molar-refractivity contribution in [3.05, 3.63) is 18.7 Å². The summed E-state index contributed by atoms with van der Waals surface area (Å²) in [7, 11) is 1.91. The summed E-state index contributed by atoms with van der Waals surface area (Å²) in [6.45, 7) is 4.17. The quantitative estimate of drug-likeness (QED) is 0.525. The Morgan fingerprint density at radius 3 is 2.86 bits per heavy atom. The van der Waals surface area contributed by atoms with Crippen molar-refractivity contribution >= 4 is 5.97 Å². The molecule has 4 nitrogen and oxygen atoms in total. The summed E-state index contributed by atoms with van der Waals surface area (Å²) in [5, 5.41) is 0. The average Bonchev–Trinajstić information content (AvgIpc) is 2.50. The Labute approximate surface area is 84.1 Å². The highest BCUT2D eigenvalue weighted by atomic mass is 16.5. The Kier molecular flexibility index (Phi) is 3.68. The highest BCUT2D eigenvalue weighted by molar-refractivity contribution is 5.69. The molecule has 1 atom stereocenters. The molecular formula is C10H17N2O2+. The third kappa shape index (κ3) is 3.20. The van der Waals surface area contributed by atoms with Crippen LogP contribution in [0.25, 0.3) is 0 Å². The molecule has 0 fully saturated rings. The number of imidazole rings is 1. The van der Waals surface area contributed by atoms with Crippen LogP contribution in [0.2, 0.25) is 0 Å². The predicted molar refractivity (Wildman–Crippen MR) is 51.5 cm³/mol. The van der Waals surface area contributed by atoms with E-state index in [9.17, 15) is 4.79 Å². The molecule has 0 amide bonds. The monoisotopic (exact) mass is 197 g/mol. The SMILES string of the molecule is CCC(C)OC(=O)Cn1cc[n+](C)c1. The second-order valence-corrected chi connectivity index (χ2v) is 3.46. The van der Waals surface area contributed by atoms with E-state index in [1.807, 2.05) is 44.2 Å². The van der Waals surface area contributed by atoms with Gasteiger partial charge in [0, 0.05) is 0 Å². The highest BCUT2D eigenvalue weighted by Gasteiger charge is 2.11. The molecule has 4 heteroatoms. The van der Waals surface area contributed by atoms with Crippen LogP contribution in [-0.2, 0) is 23.1 Å². The lowest BCUT2D eigenvalue weighted by Crippen LogP contribution is -2.25. The van der Waals surface area contributed by atoms with Crippen molar-refractivity contribution in [1.82, 2.24) is 4.57 Å². The maximum Gasteiger partial charge on any atom is 0.348 e. The van der Waals surface area contributed by atoms with Gasteiger partial charge in [-0.3, -0.25) is 0 Å². The number of hydrogen-bond acceptors (Lipinski definition) is 2. The van der Waals surface area contributed by atoms with Gasteiger partial charge in [0.05, 0.1) is 13.2 Å². The predicted octanol–water partition coefficient (Wildman–Crippen LogP) is 0.654. The molecule has 0 radical (unpaired) electrons. The second kappa shape index (κ2) is 4.79. The molecule has 0 aliphatic carbocycles. The van der Waals surface area contributed by atoms with Gasteiger partial charge in [-0.1, -0.05) is 6.92 Å². The molecule has 0 N–H and O–H groups in total. The Balaban J connectivity index is 2.41. The largest absolute Gasteiger partial charge is 0.460 e. The fourth-order valence-corrected chi connectivity index (χ4v) is 1.09. The first kappa shape index (κ1) is 10.8. The zero-order valence-corrected chi connectivity index (χ0v) is 8.93. The molecule has 1 aromatic heterocycles. The minimum atomic E-state index is -0.185. The summed E-state index contributed by atoms with van der Waals surface area (Å²) in [5.41, 5.74) is 0. The Hall–Kier alpha value is -1.32. The number of ether oxygens (including phenoxy) is 1. The Morgan fingerprint density at radius 1 is 1.64 bits per heavy atom. The number of carbonyl (C=O) groups excluding carboxylic acids is 1. The molecule has 0 saturated carbocycles. The summed E-state index contributed by atoms with van der Waals surface area (Å²) in [4.78, 5) is 11.3. The van der Waals surface area contributed by atoms with Crippen LogP contribution in [0.4, 0.5) is 0 Å². The molecule has 1 unspecified atom stereocenters. The topological polar surface area (TPSA) is 35.1 Å². The fraction of sp³-hybridized carbons (Fsp3) is 0.600. The summed E-state index contributed by atoms with van der Waals surface area (Å²) >= 11 is 0. The van der Waals surface area contributed by atoms with Crippen LogP contribution in [0.15, 0.2) is 18.7 Å². The van der Waals surface area contributed by atoms with Crippen molar-refractivity contribution in [3.8, 4) is 0 Å². The molecule has 0 aliphatic rings. The summed E-state index contributed by atoms with van der Waals surface area (Å²) in [6.07, 6.45) is 6.43. The van der Waals surface area contributed by atoms with Crippen LogP contribution in [0, 0.1) is 0 Å². The zero-order valence-electron chi connectivity index (χ0n) is 8.93. The van der Waals surface area contributed by atoms with E-state index < -0.39 is 0 Å². The molecular weight excluding hydrogens is 180 g/mol. The van der Waals surface area contributed by atoms with Gasteiger partial charge in [0.1, 0.15) is 12.4 Å². The Bertz CT molecular complexity index is 307. The first-order valence-electron chi connectivity index (χ1n) is 4.82. The number of carbonyl (C=O) groups is 1. The molecule has 0 aliphatic heterocycles. The van der Waals surface area contributed by atoms with Gasteiger partial charge in [0.15, 0.2) is 6.54 Å². The van der Waals surface area contributed by atoms with Crippen molar-refractivity contribution in [1.29, 1.82) is 0 Å². The summed E-state index contributed by atoms with van der Waals surface area (Å²) in [6, 6.07) is 0. The van der Waals surface area contributed by atoms with Crippen LogP contribution in [0.5, 0.6) is 0 Å². The minimum absolute atomic E-state index is 0.00631. The second-order valence-electron chi connectivity index (χ2n) is 3.46. The van der Waals surface area contributed by atoms with Crippen molar-refractivity contribution in [2.24, 2.45) is 7.05 Å². The standard InChI is InChI=1S/C10H17N2O2/c1-4-9(2)14-10(13)7-12-6-5-11(3)8-12/h5-6,8-9H,4,7H2,1-3H3/q+1. The molecule has 1 rings (SSSR count). The molecule has 0 bridgehead atoms. The van der Waals surface area contributed by atoms with Gasteiger partial charge >= 0.3 is 5.97 Å². The molecule has 0 spiro atoms. The third-order valence-electron chi connectivity index (χ3n) is 2.04. The van der Waals surface area contributed by atoms with Crippen LogP contribution >= 0.6 is 0 Å². The van der Waals surface area contributed by atoms with E-state index >= 15 is 0 Å². The fourth-order valence-electron chi connectivity index (χ4n) is 1.09. The first-order chi connectivity index (χ1) is 6.61. The first-order valence-corrected chi connectivity index (χ1v) is 4.82. The van der Waals surface area contributed by atoms with Crippen molar-refractivity contribution in [3.63, 3.8) is 0 Å². The highest BCUT2D eigenvalue weighted by Crippen LogP contribution is 1.97. The van der Waals surface area contributed by atoms with Gasteiger partial charge in [-0.15, -0.1) is 0 Å². The van der Waals surface area contributed by atoms with Crippen molar-refractivity contribution in [2.75, 3.05) is 0 Å². The smallest absolute Gasteiger partial charge is 0.348 e. The summed E-state index contributed by atoms with van der Waals surface area (Å²) in [5.74, 6) is -0.185. The molecule has 1 aromatic rings. The van der Waals surface area contributed by atoms with E-state index in [4.69, 9.17) is 4.74 Å². The van der Waals surface area contributed by atoms with Crippen LogP contribution in [0.3, 0.4) is 0 Å². The number of nitrogens with zero attached hydrogens (tertiary/aromatic N) is 2.